The summed E-state index contributed by atoms with van der Waals surface area (Å²) < 4.78 is 0. The summed E-state index contributed by atoms with van der Waals surface area (Å²) in [6.07, 6.45) is 7.36. The van der Waals surface area contributed by atoms with Gasteiger partial charge < -0.3 is 0 Å². The maximum atomic E-state index is 2.41. The topological polar surface area (TPSA) is 0 Å². The largest absolute Gasteiger partial charge is 0.0776 e. The highest BCUT2D eigenvalue weighted by molar-refractivity contribution is 6.07. The Bertz CT molecular complexity index is 1080. The molecule has 0 saturated heterocycles. The van der Waals surface area contributed by atoms with Crippen LogP contribution in [0.5, 0.6) is 0 Å². The molecule has 0 heteroatoms. The van der Waals surface area contributed by atoms with E-state index in [0.717, 1.165) is 11.8 Å². The van der Waals surface area contributed by atoms with Crippen molar-refractivity contribution >= 4 is 21.5 Å². The van der Waals surface area contributed by atoms with Gasteiger partial charge in [0.1, 0.15) is 0 Å². The van der Waals surface area contributed by atoms with Gasteiger partial charge in [0.05, 0.1) is 0 Å². The second-order valence-corrected chi connectivity index (χ2v) is 9.39. The van der Waals surface area contributed by atoms with E-state index in [-0.39, 0.29) is 7.43 Å². The minimum absolute atomic E-state index is 0. The Morgan fingerprint density at radius 1 is 0.579 bits per heavy atom. The van der Waals surface area contributed by atoms with Gasteiger partial charge in [0, 0.05) is 0 Å². The van der Waals surface area contributed by atoms with Crippen LogP contribution in [0.15, 0.2) is 72.8 Å². The molecule has 0 aliphatic heterocycles. The highest BCUT2D eigenvalue weighted by atomic mass is 14.2. The first-order valence-corrected chi connectivity index (χ1v) is 15.1. The third-order valence-corrected chi connectivity index (χ3v) is 7.34. The average molecular weight is 515 g/mol. The summed E-state index contributed by atoms with van der Waals surface area (Å²) in [5.41, 5.74) is 5.40. The Kier molecular flexibility index (Phi) is 18.1. The van der Waals surface area contributed by atoms with Crippen LogP contribution in [0.25, 0.3) is 32.7 Å². The fraction of sp³-hybridized carbons (Fsp3) is 0.474. The molecule has 5 rings (SSSR count). The van der Waals surface area contributed by atoms with Crippen molar-refractivity contribution in [2.45, 2.75) is 109 Å². The van der Waals surface area contributed by atoms with E-state index >= 15 is 0 Å². The van der Waals surface area contributed by atoms with Gasteiger partial charge in [-0.1, -0.05) is 168 Å². The van der Waals surface area contributed by atoms with Crippen molar-refractivity contribution in [1.82, 2.24) is 0 Å². The zero-order valence-corrected chi connectivity index (χ0v) is 25.6. The first-order valence-electron chi connectivity index (χ1n) is 15.1. The number of benzene rings is 4. The van der Waals surface area contributed by atoms with Crippen LogP contribution in [0, 0.1) is 25.7 Å². The molecule has 38 heavy (non-hydrogen) atoms. The van der Waals surface area contributed by atoms with Crippen molar-refractivity contribution in [2.24, 2.45) is 11.8 Å². The molecule has 2 atom stereocenters. The van der Waals surface area contributed by atoms with E-state index in [1.807, 2.05) is 41.5 Å². The third kappa shape index (κ3) is 9.00. The van der Waals surface area contributed by atoms with Crippen LogP contribution in [0.3, 0.4) is 0 Å². The zero-order chi connectivity index (χ0) is 27.8. The van der Waals surface area contributed by atoms with E-state index in [0.29, 0.717) is 0 Å². The number of hydrogen-bond acceptors (Lipinski definition) is 0. The molecule has 4 aromatic rings. The number of aryl methyl sites for hydroxylation is 2. The molecule has 1 aliphatic rings. The van der Waals surface area contributed by atoms with Crippen LogP contribution in [-0.2, 0) is 0 Å². The van der Waals surface area contributed by atoms with Gasteiger partial charge in [-0.25, -0.2) is 0 Å². The van der Waals surface area contributed by atoms with Crippen molar-refractivity contribution in [1.29, 1.82) is 0 Å². The fourth-order valence-corrected chi connectivity index (χ4v) is 5.42. The van der Waals surface area contributed by atoms with E-state index < -0.39 is 0 Å². The molecule has 4 aromatic carbocycles. The third-order valence-electron chi connectivity index (χ3n) is 7.34. The molecule has 0 heterocycles. The summed E-state index contributed by atoms with van der Waals surface area (Å²) in [6.45, 7) is 21.2. The Morgan fingerprint density at radius 3 is 1.34 bits per heavy atom. The number of fused-ring (bicyclic) bond motifs is 2. The maximum absolute atomic E-state index is 2.41. The monoisotopic (exact) mass is 514 g/mol. The van der Waals surface area contributed by atoms with Crippen molar-refractivity contribution in [3.63, 3.8) is 0 Å². The normalized spacial score (nSPS) is 15.6. The predicted octanol–water partition coefficient (Wildman–Crippen LogP) is 13.2. The summed E-state index contributed by atoms with van der Waals surface area (Å²) in [7, 11) is 0. The molecule has 0 aromatic heterocycles. The first-order chi connectivity index (χ1) is 18.1. The van der Waals surface area contributed by atoms with Gasteiger partial charge in [-0.15, -0.1) is 0 Å². The lowest BCUT2D eigenvalue weighted by Crippen LogP contribution is -2.15. The Hall–Kier alpha value is -2.60. The van der Waals surface area contributed by atoms with Crippen molar-refractivity contribution < 1.29 is 0 Å². The van der Waals surface area contributed by atoms with Crippen LogP contribution in [-0.4, -0.2) is 0 Å². The minimum Gasteiger partial charge on any atom is -0.0776 e. The zero-order valence-electron chi connectivity index (χ0n) is 25.6. The number of hydrogen-bond donors (Lipinski definition) is 0. The lowest BCUT2D eigenvalue weighted by Gasteiger charge is -2.27. The van der Waals surface area contributed by atoms with Crippen molar-refractivity contribution in [3.05, 3.63) is 83.9 Å². The summed E-state index contributed by atoms with van der Waals surface area (Å²) in [5, 5.41) is 5.27. The molecule has 0 bridgehead atoms. The standard InChI is InChI=1S/C22H18.C9H18.3C2H6.CH4/c1-15-11-13-17-7-3-5-9-19(17)21(15)22-16(2)12-14-18-8-4-6-10-20(18)22;1-3-9-7-5-4-6-8(9)2;3*1-2;/h3-14H,1-2H3;8-9H,3-7H2,1-2H3;3*1-2H3;1H4. The Morgan fingerprint density at radius 2 is 0.974 bits per heavy atom. The van der Waals surface area contributed by atoms with E-state index in [4.69, 9.17) is 0 Å². The second kappa shape index (κ2) is 19.5. The molecule has 1 aliphatic carbocycles. The molecular weight excluding hydrogens is 456 g/mol. The first kappa shape index (κ1) is 35.4. The Labute approximate surface area is 236 Å². The lowest BCUT2D eigenvalue weighted by molar-refractivity contribution is 0.249. The van der Waals surface area contributed by atoms with Crippen molar-refractivity contribution in [2.75, 3.05) is 0 Å². The molecule has 0 amide bonds. The molecule has 1 saturated carbocycles. The summed E-state index contributed by atoms with van der Waals surface area (Å²) >= 11 is 0. The van der Waals surface area contributed by atoms with E-state index in [2.05, 4.69) is 100 Å². The van der Waals surface area contributed by atoms with Crippen LogP contribution in [0.4, 0.5) is 0 Å². The summed E-state index contributed by atoms with van der Waals surface area (Å²) in [6, 6.07) is 26.2. The number of rotatable bonds is 2. The maximum Gasteiger partial charge on any atom is -0.00672 e. The molecule has 210 valence electrons. The van der Waals surface area contributed by atoms with Crippen LogP contribution < -0.4 is 0 Å². The molecule has 0 spiro atoms. The molecule has 1 fully saturated rings. The predicted molar refractivity (Wildman–Crippen MR) is 179 cm³/mol. The van der Waals surface area contributed by atoms with Gasteiger partial charge in [-0.2, -0.15) is 0 Å². The van der Waals surface area contributed by atoms with E-state index in [1.54, 1.807) is 0 Å². The molecule has 2 unspecified atom stereocenters. The average Bonchev–Trinajstić information content (AvgIpc) is 2.97. The van der Waals surface area contributed by atoms with Crippen LogP contribution in [0.1, 0.15) is 106 Å². The van der Waals surface area contributed by atoms with Gasteiger partial charge in [0.15, 0.2) is 0 Å². The van der Waals surface area contributed by atoms with Gasteiger partial charge in [-0.3, -0.25) is 0 Å². The quantitative estimate of drug-likeness (QED) is 0.249. The highest BCUT2D eigenvalue weighted by Gasteiger charge is 2.18. The van der Waals surface area contributed by atoms with E-state index in [1.165, 1.54) is 75.9 Å². The van der Waals surface area contributed by atoms with Gasteiger partial charge >= 0.3 is 0 Å². The summed E-state index contributed by atoms with van der Waals surface area (Å²) in [5.74, 6) is 2.07. The Balaban J connectivity index is 0.000000724. The van der Waals surface area contributed by atoms with Gasteiger partial charge in [0.25, 0.3) is 0 Å². The lowest BCUT2D eigenvalue weighted by atomic mass is 9.79. The second-order valence-electron chi connectivity index (χ2n) is 9.39. The van der Waals surface area contributed by atoms with Crippen LogP contribution in [0.2, 0.25) is 0 Å². The smallest absolute Gasteiger partial charge is 0.00672 e. The van der Waals surface area contributed by atoms with Crippen LogP contribution >= 0.6 is 0 Å². The molecule has 0 N–H and O–H groups in total. The van der Waals surface area contributed by atoms with E-state index in [9.17, 15) is 0 Å². The SMILES string of the molecule is C.CC.CC.CC.CCC1CCCCC1C.Cc1ccc2ccccc2c1-c1c(C)ccc2ccccc12. The highest BCUT2D eigenvalue weighted by Crippen LogP contribution is 2.38. The molecule has 0 nitrogen and oxygen atoms in total. The minimum atomic E-state index is 0. The van der Waals surface area contributed by atoms with Crippen molar-refractivity contribution in [3.8, 4) is 11.1 Å². The van der Waals surface area contributed by atoms with Gasteiger partial charge in [-0.05, 0) is 69.5 Å². The fourth-order valence-electron chi connectivity index (χ4n) is 5.42. The molecular formula is C38H58. The summed E-state index contributed by atoms with van der Waals surface area (Å²) in [4.78, 5) is 0. The van der Waals surface area contributed by atoms with Gasteiger partial charge in [0.2, 0.25) is 0 Å². The molecule has 0 radical (unpaired) electrons.